The fourth-order valence-corrected chi connectivity index (χ4v) is 1.32. The predicted molar refractivity (Wildman–Crippen MR) is 67.8 cm³/mol. The van der Waals surface area contributed by atoms with Crippen molar-refractivity contribution in [2.75, 3.05) is 0 Å². The van der Waals surface area contributed by atoms with Gasteiger partial charge in [-0.1, -0.05) is 24.3 Å². The first kappa shape index (κ1) is 11.1. The largest absolute Gasteiger partial charge is 0.306 e. The maximum atomic E-state index is 3.96. The van der Waals surface area contributed by atoms with E-state index in [0.717, 1.165) is 5.69 Å². The van der Waals surface area contributed by atoms with Crippen molar-refractivity contribution in [3.05, 3.63) is 79.6 Å². The second kappa shape index (κ2) is 6.23. The Hall–Kier alpha value is -2.42. The van der Waals surface area contributed by atoms with Gasteiger partial charge in [-0.2, -0.15) is 0 Å². The van der Waals surface area contributed by atoms with Crippen LogP contribution in [0.2, 0.25) is 0 Å². The van der Waals surface area contributed by atoms with Crippen LogP contribution in [0.3, 0.4) is 0 Å². The van der Waals surface area contributed by atoms with Crippen LogP contribution in [0, 0.1) is 0 Å². The highest BCUT2D eigenvalue weighted by molar-refractivity contribution is 5.30. The van der Waals surface area contributed by atoms with Gasteiger partial charge < -0.3 is 4.57 Å². The Balaban J connectivity index is 0.000000153. The lowest BCUT2D eigenvalue weighted by Gasteiger charge is -1.98. The summed E-state index contributed by atoms with van der Waals surface area (Å²) in [6.45, 7) is 0. The molecule has 0 bridgehead atoms. The Morgan fingerprint density at radius 2 is 1.41 bits per heavy atom. The van der Waals surface area contributed by atoms with Gasteiger partial charge in [0.1, 0.15) is 0 Å². The summed E-state index contributed by atoms with van der Waals surface area (Å²) in [6.07, 6.45) is 8.98. The van der Waals surface area contributed by atoms with Crippen molar-refractivity contribution < 1.29 is 0 Å². The molecule has 2 aromatic heterocycles. The van der Waals surface area contributed by atoms with Gasteiger partial charge >= 0.3 is 0 Å². The van der Waals surface area contributed by atoms with Gasteiger partial charge in [0.05, 0.1) is 6.33 Å². The number of imidazole rings is 1. The Morgan fingerprint density at radius 1 is 0.706 bits per heavy atom. The van der Waals surface area contributed by atoms with Crippen molar-refractivity contribution in [1.82, 2.24) is 14.5 Å². The smallest absolute Gasteiger partial charge is 0.0991 e. The van der Waals surface area contributed by atoms with E-state index < -0.39 is 0 Å². The van der Waals surface area contributed by atoms with Crippen LogP contribution in [-0.2, 0) is 0 Å². The second-order valence-electron chi connectivity index (χ2n) is 3.33. The number of hydrogen-bond acceptors (Lipinski definition) is 2. The van der Waals surface area contributed by atoms with Gasteiger partial charge in [-0.25, -0.2) is 4.98 Å². The summed E-state index contributed by atoms with van der Waals surface area (Å²) in [4.78, 5) is 7.75. The molecule has 3 heteroatoms. The van der Waals surface area contributed by atoms with E-state index in [1.54, 1.807) is 24.9 Å². The first-order chi connectivity index (χ1) is 8.47. The van der Waals surface area contributed by atoms with Crippen LogP contribution in [0.25, 0.3) is 5.69 Å². The highest BCUT2D eigenvalue weighted by Crippen LogP contribution is 2.04. The monoisotopic (exact) mass is 223 g/mol. The molecule has 0 atom stereocenters. The van der Waals surface area contributed by atoms with Gasteiger partial charge in [-0.3, -0.25) is 4.98 Å². The Labute approximate surface area is 100 Å². The Bertz CT molecular complexity index is 477. The zero-order chi connectivity index (χ0) is 11.8. The summed E-state index contributed by atoms with van der Waals surface area (Å²) in [5.41, 5.74) is 1.14. The quantitative estimate of drug-likeness (QED) is 0.635. The number of pyridine rings is 1. The van der Waals surface area contributed by atoms with Crippen LogP contribution < -0.4 is 0 Å². The second-order valence-corrected chi connectivity index (χ2v) is 3.33. The molecule has 0 aliphatic heterocycles. The van der Waals surface area contributed by atoms with Crippen molar-refractivity contribution in [3.63, 3.8) is 0 Å². The summed E-state index contributed by atoms with van der Waals surface area (Å²) >= 11 is 0. The minimum absolute atomic E-state index is 1.14. The molecule has 0 fully saturated rings. The molecule has 17 heavy (non-hydrogen) atoms. The van der Waals surface area contributed by atoms with Crippen molar-refractivity contribution in [1.29, 1.82) is 0 Å². The highest BCUT2D eigenvalue weighted by atomic mass is 15.0. The third kappa shape index (κ3) is 3.57. The third-order valence-electron chi connectivity index (χ3n) is 2.13. The Kier molecular flexibility index (Phi) is 4.06. The van der Waals surface area contributed by atoms with Crippen molar-refractivity contribution >= 4 is 0 Å². The molecule has 0 aliphatic rings. The fraction of sp³-hybridized carbons (Fsp3) is 0. The molecule has 1 aromatic carbocycles. The molecule has 3 rings (SSSR count). The standard InChI is InChI=1S/C9H8N2.C5H5N/c1-2-4-9(5-3-1)11-7-6-10-8-11;1-2-4-6-5-3-1/h1-8H;1-5H. The van der Waals surface area contributed by atoms with Crippen LogP contribution in [-0.4, -0.2) is 14.5 Å². The number of rotatable bonds is 1. The average Bonchev–Trinajstić information content (AvgIpc) is 2.96. The van der Waals surface area contributed by atoms with E-state index in [2.05, 4.69) is 9.97 Å². The van der Waals surface area contributed by atoms with Crippen molar-refractivity contribution in [2.24, 2.45) is 0 Å². The number of para-hydroxylation sites is 1. The van der Waals surface area contributed by atoms with E-state index in [4.69, 9.17) is 0 Å². The first-order valence-corrected chi connectivity index (χ1v) is 5.35. The number of hydrogen-bond donors (Lipinski definition) is 0. The van der Waals surface area contributed by atoms with Crippen LogP contribution in [0.4, 0.5) is 0 Å². The van der Waals surface area contributed by atoms with E-state index in [-0.39, 0.29) is 0 Å². The minimum atomic E-state index is 1.14. The molecule has 0 unspecified atom stereocenters. The van der Waals surface area contributed by atoms with Gasteiger partial charge in [-0.15, -0.1) is 0 Å². The molecule has 0 aliphatic carbocycles. The van der Waals surface area contributed by atoms with E-state index >= 15 is 0 Å². The van der Waals surface area contributed by atoms with Crippen molar-refractivity contribution in [2.45, 2.75) is 0 Å². The lowest BCUT2D eigenvalue weighted by molar-refractivity contribution is 1.06. The summed E-state index contributed by atoms with van der Waals surface area (Å²) in [5, 5.41) is 0. The summed E-state index contributed by atoms with van der Waals surface area (Å²) in [7, 11) is 0. The fourth-order valence-electron chi connectivity index (χ4n) is 1.32. The zero-order valence-corrected chi connectivity index (χ0v) is 9.35. The molecular formula is C14H13N3. The average molecular weight is 223 g/mol. The topological polar surface area (TPSA) is 30.7 Å². The van der Waals surface area contributed by atoms with Crippen LogP contribution in [0.15, 0.2) is 79.6 Å². The third-order valence-corrected chi connectivity index (χ3v) is 2.13. The van der Waals surface area contributed by atoms with Crippen LogP contribution >= 0.6 is 0 Å². The maximum Gasteiger partial charge on any atom is 0.0991 e. The first-order valence-electron chi connectivity index (χ1n) is 5.35. The summed E-state index contributed by atoms with van der Waals surface area (Å²) < 4.78 is 1.97. The van der Waals surface area contributed by atoms with Gasteiger partial charge in [0.25, 0.3) is 0 Å². The number of benzene rings is 1. The van der Waals surface area contributed by atoms with Crippen molar-refractivity contribution in [3.8, 4) is 5.69 Å². The van der Waals surface area contributed by atoms with E-state index in [0.29, 0.717) is 0 Å². The van der Waals surface area contributed by atoms with Crippen LogP contribution in [0.5, 0.6) is 0 Å². The predicted octanol–water partition coefficient (Wildman–Crippen LogP) is 2.95. The van der Waals surface area contributed by atoms with Gasteiger partial charge in [0, 0.05) is 30.5 Å². The summed E-state index contributed by atoms with van der Waals surface area (Å²) in [6, 6.07) is 15.8. The number of nitrogens with zero attached hydrogens (tertiary/aromatic N) is 3. The lowest BCUT2D eigenvalue weighted by atomic mass is 10.3. The van der Waals surface area contributed by atoms with E-state index in [1.165, 1.54) is 0 Å². The normalized spacial score (nSPS) is 9.18. The SMILES string of the molecule is c1ccc(-n2ccnc2)cc1.c1ccncc1. The van der Waals surface area contributed by atoms with Gasteiger partial charge in [0.2, 0.25) is 0 Å². The molecule has 0 spiro atoms. The highest BCUT2D eigenvalue weighted by Gasteiger charge is 1.89. The van der Waals surface area contributed by atoms with Gasteiger partial charge in [0.15, 0.2) is 0 Å². The molecular weight excluding hydrogens is 210 g/mol. The molecule has 3 aromatic rings. The van der Waals surface area contributed by atoms with E-state index in [9.17, 15) is 0 Å². The minimum Gasteiger partial charge on any atom is -0.306 e. The zero-order valence-electron chi connectivity index (χ0n) is 9.35. The molecule has 0 N–H and O–H groups in total. The molecule has 2 heterocycles. The lowest BCUT2D eigenvalue weighted by Crippen LogP contribution is -1.87. The Morgan fingerprint density at radius 3 is 1.88 bits per heavy atom. The molecule has 0 saturated carbocycles. The molecule has 0 amide bonds. The molecule has 84 valence electrons. The molecule has 0 radical (unpaired) electrons. The summed E-state index contributed by atoms with van der Waals surface area (Å²) in [5.74, 6) is 0. The molecule has 0 saturated heterocycles. The van der Waals surface area contributed by atoms with Crippen LogP contribution in [0.1, 0.15) is 0 Å². The van der Waals surface area contributed by atoms with Gasteiger partial charge in [-0.05, 0) is 24.3 Å². The molecule has 3 nitrogen and oxygen atoms in total. The number of aromatic nitrogens is 3. The van der Waals surface area contributed by atoms with E-state index in [1.807, 2.05) is 59.3 Å². The maximum absolute atomic E-state index is 3.96.